The van der Waals surface area contributed by atoms with Crippen molar-refractivity contribution < 1.29 is 35.1 Å². The van der Waals surface area contributed by atoms with Crippen LogP contribution in [0.25, 0.3) is 32.9 Å². The molecule has 2 N–H and O–H groups in total. The Balaban J connectivity index is 0.000000297. The molecular formula is C27H25IrN2O3-. The SMILES string of the molecule is CC(=O)/C(O)=C(/C)O.Cc1cc2c3c(nccc3c1)-c1[c-]c3cccnc3cc1C2(C)C.[Ir]. The van der Waals surface area contributed by atoms with Gasteiger partial charge in [0, 0.05) is 45.1 Å². The van der Waals surface area contributed by atoms with Crippen LogP contribution >= 0.6 is 0 Å². The van der Waals surface area contributed by atoms with E-state index in [0.29, 0.717) is 0 Å². The van der Waals surface area contributed by atoms with E-state index < -0.39 is 11.5 Å². The minimum Gasteiger partial charge on any atom is -0.509 e. The number of hydrogen-bond donors (Lipinski definition) is 2. The molecular weight excluding hydrogens is 593 g/mol. The third-order valence-electron chi connectivity index (χ3n) is 5.92. The zero-order valence-corrected chi connectivity index (χ0v) is 21.5. The van der Waals surface area contributed by atoms with Gasteiger partial charge in [0.2, 0.25) is 0 Å². The summed E-state index contributed by atoms with van der Waals surface area (Å²) in [5.41, 5.74) is 6.94. The number of aliphatic hydroxyl groups is 2. The fourth-order valence-electron chi connectivity index (χ4n) is 4.28. The second kappa shape index (κ2) is 9.05. The van der Waals surface area contributed by atoms with Crippen LogP contribution < -0.4 is 0 Å². The van der Waals surface area contributed by atoms with Crippen molar-refractivity contribution >= 4 is 27.5 Å². The number of aryl methyl sites for hydroxylation is 1. The van der Waals surface area contributed by atoms with E-state index >= 15 is 0 Å². The van der Waals surface area contributed by atoms with Crippen molar-refractivity contribution in [2.45, 2.75) is 40.0 Å². The molecule has 1 radical (unpaired) electrons. The van der Waals surface area contributed by atoms with E-state index in [2.05, 4.69) is 62.2 Å². The van der Waals surface area contributed by atoms with Crippen LogP contribution in [0.5, 0.6) is 0 Å². The van der Waals surface area contributed by atoms with Gasteiger partial charge in [-0.1, -0.05) is 60.2 Å². The Hall–Kier alpha value is -3.08. The van der Waals surface area contributed by atoms with Crippen molar-refractivity contribution in [2.24, 2.45) is 0 Å². The summed E-state index contributed by atoms with van der Waals surface area (Å²) in [4.78, 5) is 19.4. The van der Waals surface area contributed by atoms with Gasteiger partial charge in [0.25, 0.3) is 0 Å². The van der Waals surface area contributed by atoms with Crippen LogP contribution in [0.4, 0.5) is 0 Å². The van der Waals surface area contributed by atoms with E-state index in [-0.39, 0.29) is 31.3 Å². The van der Waals surface area contributed by atoms with Gasteiger partial charge >= 0.3 is 0 Å². The second-order valence-electron chi connectivity index (χ2n) is 8.68. The Kier molecular flexibility index (Phi) is 6.73. The summed E-state index contributed by atoms with van der Waals surface area (Å²) in [6, 6.07) is 16.5. The number of carbonyl (C=O) groups excluding carboxylic acids is 1. The Bertz CT molecular complexity index is 1420. The van der Waals surface area contributed by atoms with Crippen molar-refractivity contribution in [3.05, 3.63) is 83.1 Å². The number of carbonyl (C=O) groups is 1. The van der Waals surface area contributed by atoms with E-state index in [1.165, 1.54) is 41.3 Å². The number of aliphatic hydroxyl groups excluding tert-OH is 2. The number of allylic oxidation sites excluding steroid dienone is 2. The molecule has 0 unspecified atom stereocenters. The molecule has 0 amide bonds. The van der Waals surface area contributed by atoms with E-state index in [0.717, 1.165) is 22.2 Å². The largest absolute Gasteiger partial charge is 0.509 e. The number of benzene rings is 2. The number of rotatable bonds is 1. The zero-order valence-electron chi connectivity index (χ0n) is 19.1. The third kappa shape index (κ3) is 4.29. The first-order valence-electron chi connectivity index (χ1n) is 10.4. The first-order valence-corrected chi connectivity index (χ1v) is 10.4. The van der Waals surface area contributed by atoms with Crippen molar-refractivity contribution in [3.8, 4) is 11.3 Å². The summed E-state index contributed by atoms with van der Waals surface area (Å²) < 4.78 is 0. The van der Waals surface area contributed by atoms with Gasteiger partial charge in [-0.2, -0.15) is 0 Å². The molecule has 0 atom stereocenters. The quantitative estimate of drug-likeness (QED) is 0.153. The van der Waals surface area contributed by atoms with Crippen molar-refractivity contribution in [1.29, 1.82) is 0 Å². The van der Waals surface area contributed by atoms with Gasteiger partial charge in [-0.05, 0) is 47.2 Å². The van der Waals surface area contributed by atoms with E-state index in [1.54, 1.807) is 0 Å². The van der Waals surface area contributed by atoms with Crippen LogP contribution in [0, 0.1) is 13.0 Å². The van der Waals surface area contributed by atoms with Crippen molar-refractivity contribution in [1.82, 2.24) is 9.97 Å². The predicted molar refractivity (Wildman–Crippen MR) is 127 cm³/mol. The Labute approximate surface area is 206 Å². The Morgan fingerprint density at radius 2 is 1.73 bits per heavy atom. The maximum absolute atomic E-state index is 10.1. The molecule has 4 aromatic rings. The smallest absolute Gasteiger partial charge is 0.197 e. The molecule has 1 aliphatic rings. The molecule has 1 aliphatic carbocycles. The van der Waals surface area contributed by atoms with Crippen molar-refractivity contribution in [3.63, 3.8) is 0 Å². The maximum Gasteiger partial charge on any atom is 0.197 e. The van der Waals surface area contributed by atoms with Crippen LogP contribution in [-0.2, 0) is 30.3 Å². The number of Topliss-reactive ketones (excluding diaryl/α,β-unsaturated/α-hetero) is 1. The fourth-order valence-corrected chi connectivity index (χ4v) is 4.28. The van der Waals surface area contributed by atoms with Gasteiger partial charge in [0.1, 0.15) is 5.76 Å². The van der Waals surface area contributed by atoms with Crippen LogP contribution in [0.15, 0.2) is 60.3 Å². The van der Waals surface area contributed by atoms with Crippen LogP contribution in [-0.4, -0.2) is 26.0 Å². The van der Waals surface area contributed by atoms with Crippen LogP contribution in [0.3, 0.4) is 0 Å². The average Bonchev–Trinajstić information content (AvgIpc) is 2.76. The number of pyridine rings is 2. The topological polar surface area (TPSA) is 83.3 Å². The summed E-state index contributed by atoms with van der Waals surface area (Å²) >= 11 is 0. The molecule has 2 aromatic heterocycles. The fraction of sp³-hybridized carbons (Fsp3) is 0.222. The average molecular weight is 618 g/mol. The van der Waals surface area contributed by atoms with Crippen LogP contribution in [0.1, 0.15) is 44.4 Å². The van der Waals surface area contributed by atoms with E-state index in [4.69, 9.17) is 15.2 Å². The van der Waals surface area contributed by atoms with Gasteiger partial charge in [-0.15, -0.1) is 12.1 Å². The van der Waals surface area contributed by atoms with Crippen LogP contribution in [0.2, 0.25) is 0 Å². The molecule has 0 saturated heterocycles. The molecule has 0 fully saturated rings. The summed E-state index contributed by atoms with van der Waals surface area (Å²) in [5, 5.41) is 20.4. The van der Waals surface area contributed by atoms with Gasteiger partial charge in [-0.25, -0.2) is 0 Å². The molecule has 5 nitrogen and oxygen atoms in total. The minimum absolute atomic E-state index is 0. The first kappa shape index (κ1) is 24.6. The standard InChI is InChI=1S/C22H17N2.C5H8O3.Ir/c1-13-9-15-6-8-24-21-16-11-14-5-4-7-23-19(14)12-17(16)22(2,3)18(10-13)20(15)21;1-3(6)5(8)4(2)7;/h4-10,12H,1-3H3;6,8H,1-2H3;/q-1;;/b;5-3+;. The number of aromatic nitrogens is 2. The molecule has 0 aliphatic heterocycles. The summed E-state index contributed by atoms with van der Waals surface area (Å²) in [5.74, 6) is -1.42. The van der Waals surface area contributed by atoms with Crippen molar-refractivity contribution in [2.75, 3.05) is 0 Å². The molecule has 5 rings (SSSR count). The number of fused-ring (bicyclic) bond motifs is 3. The molecule has 33 heavy (non-hydrogen) atoms. The molecule has 2 heterocycles. The molecule has 2 aromatic carbocycles. The summed E-state index contributed by atoms with van der Waals surface area (Å²) in [6.07, 6.45) is 3.75. The van der Waals surface area contributed by atoms with Gasteiger partial charge in [-0.3, -0.25) is 14.8 Å². The Morgan fingerprint density at radius 1 is 1.00 bits per heavy atom. The molecule has 6 heteroatoms. The third-order valence-corrected chi connectivity index (χ3v) is 5.92. The number of hydrogen-bond acceptors (Lipinski definition) is 5. The molecule has 0 saturated carbocycles. The maximum atomic E-state index is 10.1. The monoisotopic (exact) mass is 618 g/mol. The molecule has 171 valence electrons. The first-order chi connectivity index (χ1) is 15.1. The predicted octanol–water partition coefficient (Wildman–Crippen LogP) is 6.12. The Morgan fingerprint density at radius 3 is 2.36 bits per heavy atom. The van der Waals surface area contributed by atoms with Gasteiger partial charge < -0.3 is 10.2 Å². The summed E-state index contributed by atoms with van der Waals surface area (Å²) in [7, 11) is 0. The van der Waals surface area contributed by atoms with Gasteiger partial charge in [0.05, 0.1) is 0 Å². The number of ketones is 1. The minimum atomic E-state index is -0.565. The normalized spacial score (nSPS) is 13.8. The number of nitrogens with zero attached hydrogens (tertiary/aromatic N) is 2. The van der Waals surface area contributed by atoms with E-state index in [1.807, 2.05) is 18.5 Å². The zero-order chi connectivity index (χ0) is 23.2. The summed E-state index contributed by atoms with van der Waals surface area (Å²) in [6.45, 7) is 9.17. The molecule has 0 bridgehead atoms. The van der Waals surface area contributed by atoms with Gasteiger partial charge in [0.15, 0.2) is 11.5 Å². The van der Waals surface area contributed by atoms with E-state index in [9.17, 15) is 4.79 Å². The molecule has 0 spiro atoms. The second-order valence-corrected chi connectivity index (χ2v) is 8.68.